The largest absolute Gasteiger partial charge is 0.507 e. The van der Waals surface area contributed by atoms with Crippen LogP contribution in [0.25, 0.3) is 16.1 Å². The summed E-state index contributed by atoms with van der Waals surface area (Å²) in [5.41, 5.74) is 31.0. The molecule has 1 spiro atoms. The van der Waals surface area contributed by atoms with E-state index < -0.39 is 0 Å². The van der Waals surface area contributed by atoms with E-state index in [0.717, 1.165) is 108 Å². The summed E-state index contributed by atoms with van der Waals surface area (Å²) < 4.78 is 12.6. The lowest BCUT2D eigenvalue weighted by atomic mass is 9.60. The Morgan fingerprint density at radius 3 is 2.25 bits per heavy atom. The summed E-state index contributed by atoms with van der Waals surface area (Å²) in [6, 6.07) is 19.5. The third kappa shape index (κ3) is 14.1. The molecule has 7 heterocycles. The number of aromatic hydroxyl groups is 1. The van der Waals surface area contributed by atoms with Crippen LogP contribution in [0, 0.1) is 24.2 Å². The molecule has 10 rings (SSSR count). The van der Waals surface area contributed by atoms with E-state index in [1.54, 1.807) is 23.5 Å². The summed E-state index contributed by atoms with van der Waals surface area (Å²) in [5.74, 6) is 2.83. The van der Waals surface area contributed by atoms with Crippen molar-refractivity contribution >= 4 is 35.2 Å². The molecule has 6 aliphatic rings. The van der Waals surface area contributed by atoms with Crippen molar-refractivity contribution in [3.63, 3.8) is 0 Å². The molecular formula is C61H90N12O5S. The second kappa shape index (κ2) is 26.3. The number of aromatic nitrogens is 2. The molecule has 5 saturated heterocycles. The number of primary amides is 1. The number of phenolic OH excluding ortho intramolecular Hbond substituents is 1. The number of nitrogens with two attached hydrogens (primary N) is 4. The first-order chi connectivity index (χ1) is 38.1. The van der Waals surface area contributed by atoms with Crippen molar-refractivity contribution in [1.29, 1.82) is 0 Å². The van der Waals surface area contributed by atoms with E-state index >= 15 is 0 Å². The lowest BCUT2D eigenvalue weighted by Crippen LogP contribution is -2.62. The van der Waals surface area contributed by atoms with E-state index in [9.17, 15) is 9.90 Å². The number of fused-ring (bicyclic) bond motifs is 2. The SMILES string of the molecule is Cc1ncsc1-c1ccc(C(C)CCCCNC(=O)C(c2cc(N3CCC(CN4CCC5(CC4)CC(N4CC(C)OC(CN6C7CCC6CN(C(/C=C(\N)c6ccccc6O)=C(N)N)C7)C4)C5)CC3)no2)C(C)C)cc1.NC=O. The fourth-order valence-corrected chi connectivity index (χ4v) is 14.8. The molecule has 6 unspecified atom stereocenters. The molecule has 2 bridgehead atoms. The number of piperidine rings is 2. The predicted octanol–water partition coefficient (Wildman–Crippen LogP) is 7.53. The molecule has 18 heteroatoms. The molecular weight excluding hydrogens is 1010 g/mol. The number of rotatable bonds is 19. The number of hydrogen-bond donors (Lipinski definition) is 6. The molecule has 79 heavy (non-hydrogen) atoms. The first-order valence-electron chi connectivity index (χ1n) is 29.4. The second-order valence-corrected chi connectivity index (χ2v) is 25.1. The van der Waals surface area contributed by atoms with Crippen LogP contribution >= 0.6 is 11.3 Å². The van der Waals surface area contributed by atoms with Gasteiger partial charge in [-0.2, -0.15) is 0 Å². The summed E-state index contributed by atoms with van der Waals surface area (Å²) in [4.78, 5) is 40.7. The highest BCUT2D eigenvalue weighted by Crippen LogP contribution is 2.51. The zero-order valence-corrected chi connectivity index (χ0v) is 48.4. The highest BCUT2D eigenvalue weighted by molar-refractivity contribution is 7.13. The number of hydrogen-bond acceptors (Lipinski definition) is 16. The van der Waals surface area contributed by atoms with Crippen LogP contribution in [0.3, 0.4) is 0 Å². The number of aryl methyl sites for hydroxylation is 1. The third-order valence-corrected chi connectivity index (χ3v) is 19.4. The van der Waals surface area contributed by atoms with Gasteiger partial charge < -0.3 is 57.3 Å². The highest BCUT2D eigenvalue weighted by atomic mass is 32.1. The van der Waals surface area contributed by atoms with Crippen LogP contribution in [-0.2, 0) is 14.3 Å². The number of carbonyl (C=O) groups excluding carboxylic acids is 2. The van der Waals surface area contributed by atoms with Crippen molar-refractivity contribution in [2.45, 2.75) is 147 Å². The molecule has 17 nitrogen and oxygen atoms in total. The van der Waals surface area contributed by atoms with Gasteiger partial charge in [0, 0.05) is 94.4 Å². The third-order valence-electron chi connectivity index (χ3n) is 18.4. The Hall–Kier alpha value is -5.66. The molecule has 1 aliphatic carbocycles. The molecule has 5 aliphatic heterocycles. The first-order valence-corrected chi connectivity index (χ1v) is 30.3. The van der Waals surface area contributed by atoms with Gasteiger partial charge in [0.2, 0.25) is 12.3 Å². The summed E-state index contributed by atoms with van der Waals surface area (Å²) >= 11 is 1.69. The smallest absolute Gasteiger partial charge is 0.231 e. The minimum Gasteiger partial charge on any atom is -0.507 e. The minimum atomic E-state index is -0.362. The Morgan fingerprint density at radius 2 is 1.61 bits per heavy atom. The molecule has 1 saturated carbocycles. The van der Waals surface area contributed by atoms with E-state index in [1.165, 1.54) is 61.3 Å². The fraction of sp³-hybridized carbons (Fsp3) is 0.607. The number of benzene rings is 2. The number of anilines is 1. The van der Waals surface area contributed by atoms with E-state index in [4.69, 9.17) is 31.3 Å². The maximum Gasteiger partial charge on any atom is 0.231 e. The molecule has 430 valence electrons. The van der Waals surface area contributed by atoms with Crippen LogP contribution in [-0.4, -0.2) is 149 Å². The van der Waals surface area contributed by atoms with Crippen LogP contribution < -0.4 is 33.2 Å². The Bertz CT molecular complexity index is 2670. The van der Waals surface area contributed by atoms with Crippen molar-refractivity contribution < 1.29 is 24.0 Å². The number of nitrogens with zero attached hydrogens (tertiary/aromatic N) is 7. The maximum absolute atomic E-state index is 13.6. The molecule has 4 aromatic rings. The number of amides is 2. The topological polar surface area (TPSA) is 235 Å². The number of allylic oxidation sites excluding steroid dienone is 1. The average molecular weight is 1100 g/mol. The van der Waals surface area contributed by atoms with Crippen molar-refractivity contribution in [1.82, 2.24) is 35.1 Å². The van der Waals surface area contributed by atoms with Crippen molar-refractivity contribution in [2.24, 2.45) is 40.2 Å². The number of para-hydroxylation sites is 1. The number of morpholine rings is 1. The zero-order valence-electron chi connectivity index (χ0n) is 47.6. The number of carbonyl (C=O) groups is 2. The highest BCUT2D eigenvalue weighted by Gasteiger charge is 2.50. The first kappa shape index (κ1) is 58.0. The van der Waals surface area contributed by atoms with Gasteiger partial charge in [-0.3, -0.25) is 19.4 Å². The van der Waals surface area contributed by atoms with E-state index in [1.807, 2.05) is 29.8 Å². The Morgan fingerprint density at radius 1 is 0.911 bits per heavy atom. The van der Waals surface area contributed by atoms with Gasteiger partial charge in [-0.25, -0.2) is 4.98 Å². The lowest BCUT2D eigenvalue weighted by molar-refractivity contribution is -0.134. The van der Waals surface area contributed by atoms with Crippen molar-refractivity contribution in [2.75, 3.05) is 76.9 Å². The van der Waals surface area contributed by atoms with Gasteiger partial charge in [-0.05, 0) is 144 Å². The Kier molecular flexibility index (Phi) is 19.3. The molecule has 2 aromatic carbocycles. The monoisotopic (exact) mass is 1100 g/mol. The summed E-state index contributed by atoms with van der Waals surface area (Å²) in [6.07, 6.45) is 15.4. The van der Waals surface area contributed by atoms with Gasteiger partial charge in [-0.15, -0.1) is 11.3 Å². The van der Waals surface area contributed by atoms with Gasteiger partial charge >= 0.3 is 0 Å². The number of nitrogens with one attached hydrogen (secondary N) is 1. The summed E-state index contributed by atoms with van der Waals surface area (Å²) in [7, 11) is 0. The zero-order chi connectivity index (χ0) is 55.8. The molecule has 6 fully saturated rings. The summed E-state index contributed by atoms with van der Waals surface area (Å²) in [5, 5.41) is 18.2. The number of unbranched alkanes of at least 4 members (excludes halogenated alkanes) is 1. The summed E-state index contributed by atoms with van der Waals surface area (Å²) in [6.45, 7) is 21.7. The van der Waals surface area contributed by atoms with Crippen molar-refractivity contribution in [3.8, 4) is 16.2 Å². The van der Waals surface area contributed by atoms with Crippen LogP contribution in [0.15, 0.2) is 82.2 Å². The normalized spacial score (nSPS) is 23.9. The Balaban J connectivity index is 0.00000247. The second-order valence-electron chi connectivity index (χ2n) is 24.3. The van der Waals surface area contributed by atoms with Crippen LogP contribution in [0.1, 0.15) is 133 Å². The number of piperazine rings is 1. The number of ether oxygens (including phenoxy) is 1. The fourth-order valence-electron chi connectivity index (χ4n) is 14.0. The van der Waals surface area contributed by atoms with Gasteiger partial charge in [0.1, 0.15) is 17.5 Å². The van der Waals surface area contributed by atoms with Gasteiger partial charge in [0.05, 0.1) is 34.0 Å². The standard InChI is InChI=1S/C60H87N11O4S.CH3NO/c1-39(2)56(59(73)64-23-9-8-10-40(3)44-13-15-45(16-14-44)57-42(5)65-38-76-57)54-29-55(66-75-54)68-24-19-43(20-25-68)33-67-26-21-60(22-27-67)30-48(31-60)69-32-41(4)74-49(36-69)37-71-46-17-18-47(71)35-70(34-46)52(58(62)63)28-51(61)50-11-6-7-12-53(50)72;2-1-3/h6-7,11-16,28-29,38-41,43,46-49,56,72H,8-10,17-27,30-37,61-63H2,1-5H3,(H,64,73);1H,(H2,2,3)/b51-28-;. The average Bonchev–Trinajstić information content (AvgIpc) is 4.24. The van der Waals surface area contributed by atoms with E-state index in [0.29, 0.717) is 58.9 Å². The molecule has 6 atom stereocenters. The molecule has 0 radical (unpaired) electrons. The maximum atomic E-state index is 13.6. The van der Waals surface area contributed by atoms with E-state index in [-0.39, 0.29) is 47.9 Å². The quantitative estimate of drug-likeness (QED) is 0.0303. The number of phenols is 1. The molecule has 2 amide bonds. The van der Waals surface area contributed by atoms with Crippen LogP contribution in [0.5, 0.6) is 5.75 Å². The Labute approximate surface area is 473 Å². The van der Waals surface area contributed by atoms with Gasteiger partial charge in [0.15, 0.2) is 11.6 Å². The van der Waals surface area contributed by atoms with Crippen LogP contribution in [0.2, 0.25) is 0 Å². The van der Waals surface area contributed by atoms with Gasteiger partial charge in [0.25, 0.3) is 0 Å². The molecule has 10 N–H and O–H groups in total. The van der Waals surface area contributed by atoms with E-state index in [2.05, 4.69) is 105 Å². The number of thiazole rings is 1. The molecule has 2 aromatic heterocycles. The van der Waals surface area contributed by atoms with Crippen molar-refractivity contribution in [3.05, 3.63) is 100 Å². The number of likely N-dealkylation sites (tertiary alicyclic amines) is 2. The van der Waals surface area contributed by atoms with Gasteiger partial charge in [-0.1, -0.05) is 68.7 Å². The lowest BCUT2D eigenvalue weighted by Gasteiger charge is -2.57. The predicted molar refractivity (Wildman–Crippen MR) is 315 cm³/mol. The van der Waals surface area contributed by atoms with Crippen LogP contribution in [0.4, 0.5) is 5.82 Å². The minimum absolute atomic E-state index is 0.0275.